The molecular weight excluding hydrogens is 376 g/mol. The van der Waals surface area contributed by atoms with Crippen LogP contribution in [0.5, 0.6) is 0 Å². The zero-order chi connectivity index (χ0) is 20.8. The number of nitrogens with one attached hydrogen (secondary N) is 2. The Morgan fingerprint density at radius 2 is 1.33 bits per heavy atom. The van der Waals surface area contributed by atoms with E-state index in [1.54, 1.807) is 53.5 Å². The average Bonchev–Trinajstić information content (AvgIpc) is 3.24. The number of aromatic nitrogens is 2. The number of hydrogen-bond donors (Lipinski definition) is 2. The first kappa shape index (κ1) is 19.1. The second-order valence-corrected chi connectivity index (χ2v) is 6.77. The molecule has 148 valence electrons. The van der Waals surface area contributed by atoms with E-state index in [9.17, 15) is 9.59 Å². The van der Waals surface area contributed by atoms with Gasteiger partial charge < -0.3 is 10.6 Å². The molecule has 2 amide bonds. The number of anilines is 2. The van der Waals surface area contributed by atoms with Gasteiger partial charge in [-0.05, 0) is 35.9 Å². The molecule has 3 aromatic carbocycles. The molecule has 2 N–H and O–H groups in total. The summed E-state index contributed by atoms with van der Waals surface area (Å²) >= 11 is 0. The standard InChI is InChI=1S/C24H20N4O2/c29-23(19-10-5-2-6-11-19)26-21-12-7-13-22(14-21)27-24(30)20-15-25-28(17-20)16-18-8-3-1-4-9-18/h1-15,17H,16H2,(H,26,29)(H,27,30). The molecular formula is C24H20N4O2. The van der Waals surface area contributed by atoms with Gasteiger partial charge in [0.15, 0.2) is 0 Å². The second-order valence-electron chi connectivity index (χ2n) is 6.77. The van der Waals surface area contributed by atoms with Crippen LogP contribution < -0.4 is 10.6 Å². The van der Waals surface area contributed by atoms with Gasteiger partial charge in [-0.15, -0.1) is 0 Å². The Morgan fingerprint density at radius 3 is 2.00 bits per heavy atom. The number of hydrogen-bond acceptors (Lipinski definition) is 3. The van der Waals surface area contributed by atoms with E-state index in [2.05, 4.69) is 15.7 Å². The molecule has 1 heterocycles. The maximum absolute atomic E-state index is 12.6. The van der Waals surface area contributed by atoms with Crippen molar-refractivity contribution in [3.8, 4) is 0 Å². The molecule has 30 heavy (non-hydrogen) atoms. The Hall–Kier alpha value is -4.19. The molecule has 0 atom stereocenters. The number of nitrogens with zero attached hydrogens (tertiary/aromatic N) is 2. The molecule has 4 aromatic rings. The Labute approximate surface area is 174 Å². The van der Waals surface area contributed by atoms with E-state index in [0.717, 1.165) is 5.56 Å². The average molecular weight is 396 g/mol. The quantitative estimate of drug-likeness (QED) is 0.506. The summed E-state index contributed by atoms with van der Waals surface area (Å²) < 4.78 is 1.72. The van der Waals surface area contributed by atoms with E-state index in [4.69, 9.17) is 0 Å². The molecule has 0 fully saturated rings. The fourth-order valence-corrected chi connectivity index (χ4v) is 3.01. The van der Waals surface area contributed by atoms with Crippen molar-refractivity contribution >= 4 is 23.2 Å². The fourth-order valence-electron chi connectivity index (χ4n) is 3.01. The maximum atomic E-state index is 12.6. The van der Waals surface area contributed by atoms with E-state index in [-0.39, 0.29) is 11.8 Å². The predicted octanol–water partition coefficient (Wildman–Crippen LogP) is 4.44. The van der Waals surface area contributed by atoms with Crippen LogP contribution in [0, 0.1) is 0 Å². The SMILES string of the molecule is O=C(Nc1cccc(NC(=O)c2cnn(Cc3ccccc3)c2)c1)c1ccccc1. The van der Waals surface area contributed by atoms with Crippen molar-refractivity contribution in [2.45, 2.75) is 6.54 Å². The smallest absolute Gasteiger partial charge is 0.258 e. The summed E-state index contributed by atoms with van der Waals surface area (Å²) in [6, 6.07) is 25.9. The van der Waals surface area contributed by atoms with Gasteiger partial charge in [-0.2, -0.15) is 5.10 Å². The van der Waals surface area contributed by atoms with E-state index >= 15 is 0 Å². The summed E-state index contributed by atoms with van der Waals surface area (Å²) in [6.07, 6.45) is 3.25. The normalized spacial score (nSPS) is 10.4. The minimum Gasteiger partial charge on any atom is -0.322 e. The third-order valence-corrected chi connectivity index (χ3v) is 4.50. The number of rotatable bonds is 6. The number of carbonyl (C=O) groups excluding carboxylic acids is 2. The Balaban J connectivity index is 1.40. The molecule has 0 aliphatic heterocycles. The lowest BCUT2D eigenvalue weighted by atomic mass is 10.2. The highest BCUT2D eigenvalue weighted by atomic mass is 16.2. The molecule has 0 saturated heterocycles. The van der Waals surface area contributed by atoms with Gasteiger partial charge in [0, 0.05) is 23.1 Å². The van der Waals surface area contributed by atoms with Gasteiger partial charge in [0.05, 0.1) is 18.3 Å². The topological polar surface area (TPSA) is 76.0 Å². The number of carbonyl (C=O) groups is 2. The van der Waals surface area contributed by atoms with Crippen molar-refractivity contribution < 1.29 is 9.59 Å². The highest BCUT2D eigenvalue weighted by Crippen LogP contribution is 2.17. The van der Waals surface area contributed by atoms with Gasteiger partial charge in [0.1, 0.15) is 0 Å². The predicted molar refractivity (Wildman–Crippen MR) is 117 cm³/mol. The maximum Gasteiger partial charge on any atom is 0.258 e. The molecule has 4 rings (SSSR count). The van der Waals surface area contributed by atoms with Gasteiger partial charge in [0.25, 0.3) is 11.8 Å². The monoisotopic (exact) mass is 396 g/mol. The van der Waals surface area contributed by atoms with Crippen molar-refractivity contribution in [1.82, 2.24) is 9.78 Å². The minimum absolute atomic E-state index is 0.207. The van der Waals surface area contributed by atoms with Gasteiger partial charge in [-0.3, -0.25) is 14.3 Å². The summed E-state index contributed by atoms with van der Waals surface area (Å²) in [7, 11) is 0. The van der Waals surface area contributed by atoms with Crippen molar-refractivity contribution in [2.75, 3.05) is 10.6 Å². The number of benzene rings is 3. The third-order valence-electron chi connectivity index (χ3n) is 4.50. The largest absolute Gasteiger partial charge is 0.322 e. The van der Waals surface area contributed by atoms with Crippen molar-refractivity contribution in [2.24, 2.45) is 0 Å². The fraction of sp³-hybridized carbons (Fsp3) is 0.0417. The number of amides is 2. The zero-order valence-electron chi connectivity index (χ0n) is 16.2. The summed E-state index contributed by atoms with van der Waals surface area (Å²) in [5.74, 6) is -0.470. The molecule has 0 bridgehead atoms. The van der Waals surface area contributed by atoms with Crippen LogP contribution in [0.2, 0.25) is 0 Å². The van der Waals surface area contributed by atoms with Crippen LogP contribution in [0.15, 0.2) is 97.3 Å². The second kappa shape index (κ2) is 8.87. The Bertz CT molecular complexity index is 1150. The zero-order valence-corrected chi connectivity index (χ0v) is 16.2. The molecule has 0 radical (unpaired) electrons. The summed E-state index contributed by atoms with van der Waals surface area (Å²) in [5.41, 5.74) is 3.32. The highest BCUT2D eigenvalue weighted by molar-refractivity contribution is 6.06. The summed E-state index contributed by atoms with van der Waals surface area (Å²) in [6.45, 7) is 0.592. The van der Waals surface area contributed by atoms with Gasteiger partial charge in [0.2, 0.25) is 0 Å². The molecule has 6 nitrogen and oxygen atoms in total. The van der Waals surface area contributed by atoms with Crippen LogP contribution in [0.25, 0.3) is 0 Å². The first-order valence-electron chi connectivity index (χ1n) is 9.51. The molecule has 6 heteroatoms. The highest BCUT2D eigenvalue weighted by Gasteiger charge is 2.11. The molecule has 0 spiro atoms. The lowest BCUT2D eigenvalue weighted by Crippen LogP contribution is -2.13. The van der Waals surface area contributed by atoms with Crippen LogP contribution in [-0.4, -0.2) is 21.6 Å². The van der Waals surface area contributed by atoms with Gasteiger partial charge in [-0.1, -0.05) is 54.6 Å². The van der Waals surface area contributed by atoms with Crippen molar-refractivity contribution in [3.63, 3.8) is 0 Å². The molecule has 0 saturated carbocycles. The minimum atomic E-state index is -0.263. The van der Waals surface area contributed by atoms with E-state index in [1.807, 2.05) is 48.5 Å². The van der Waals surface area contributed by atoms with Crippen LogP contribution in [-0.2, 0) is 6.54 Å². The van der Waals surface area contributed by atoms with Crippen molar-refractivity contribution in [3.05, 3.63) is 114 Å². The van der Waals surface area contributed by atoms with Crippen LogP contribution in [0.1, 0.15) is 26.3 Å². The molecule has 1 aromatic heterocycles. The van der Waals surface area contributed by atoms with Gasteiger partial charge >= 0.3 is 0 Å². The van der Waals surface area contributed by atoms with Crippen LogP contribution in [0.4, 0.5) is 11.4 Å². The lowest BCUT2D eigenvalue weighted by Gasteiger charge is -2.08. The van der Waals surface area contributed by atoms with E-state index in [0.29, 0.717) is 29.0 Å². The van der Waals surface area contributed by atoms with Crippen LogP contribution in [0.3, 0.4) is 0 Å². The van der Waals surface area contributed by atoms with E-state index in [1.165, 1.54) is 0 Å². The molecule has 0 aliphatic rings. The lowest BCUT2D eigenvalue weighted by molar-refractivity contribution is 0.101. The first-order valence-corrected chi connectivity index (χ1v) is 9.51. The summed E-state index contributed by atoms with van der Waals surface area (Å²) in [5, 5.41) is 9.95. The third kappa shape index (κ3) is 4.80. The summed E-state index contributed by atoms with van der Waals surface area (Å²) in [4.78, 5) is 24.9. The van der Waals surface area contributed by atoms with Crippen molar-refractivity contribution in [1.29, 1.82) is 0 Å². The molecule has 0 unspecified atom stereocenters. The first-order chi connectivity index (χ1) is 14.7. The Morgan fingerprint density at radius 1 is 0.733 bits per heavy atom. The Kier molecular flexibility index (Phi) is 5.66. The molecule has 0 aliphatic carbocycles. The van der Waals surface area contributed by atoms with E-state index < -0.39 is 0 Å². The van der Waals surface area contributed by atoms with Crippen LogP contribution >= 0.6 is 0 Å². The van der Waals surface area contributed by atoms with Gasteiger partial charge in [-0.25, -0.2) is 0 Å².